The molecule has 4 nitrogen and oxygen atoms in total. The van der Waals surface area contributed by atoms with Gasteiger partial charge in [0, 0.05) is 19.4 Å². The molecule has 0 saturated heterocycles. The maximum atomic E-state index is 10.3. The molecule has 3 unspecified atom stereocenters. The van der Waals surface area contributed by atoms with Crippen LogP contribution in [0.4, 0.5) is 0 Å². The number of rotatable bonds is 3. The van der Waals surface area contributed by atoms with E-state index in [2.05, 4.69) is 0 Å². The van der Waals surface area contributed by atoms with Crippen LogP contribution in [-0.4, -0.2) is 40.4 Å². The second-order valence-electron chi connectivity index (χ2n) is 5.00. The fourth-order valence-electron chi connectivity index (χ4n) is 2.55. The molecule has 3 N–H and O–H groups in total. The standard InChI is InChI=1S/C11H22O4/c1-8(2)9-4-5-10(13,7-12)6-11(9,14)15-3/h8-9,12-14H,4-7H2,1-3H3. The molecule has 0 aromatic rings. The summed E-state index contributed by atoms with van der Waals surface area (Å²) in [4.78, 5) is 0. The zero-order valence-electron chi connectivity index (χ0n) is 9.73. The highest BCUT2D eigenvalue weighted by molar-refractivity contribution is 4.95. The molecule has 1 aliphatic rings. The Kier molecular flexibility index (Phi) is 3.76. The van der Waals surface area contributed by atoms with Crippen molar-refractivity contribution in [3.05, 3.63) is 0 Å². The summed E-state index contributed by atoms with van der Waals surface area (Å²) in [5, 5.41) is 29.3. The van der Waals surface area contributed by atoms with Crippen LogP contribution in [0, 0.1) is 11.8 Å². The predicted octanol–water partition coefficient (Wildman–Crippen LogP) is 0.501. The van der Waals surface area contributed by atoms with Gasteiger partial charge in [0.1, 0.15) is 0 Å². The Hall–Kier alpha value is -0.160. The number of methoxy groups -OCH3 is 1. The van der Waals surface area contributed by atoms with Crippen LogP contribution in [0.2, 0.25) is 0 Å². The highest BCUT2D eigenvalue weighted by Crippen LogP contribution is 2.43. The van der Waals surface area contributed by atoms with Crippen LogP contribution < -0.4 is 0 Å². The minimum atomic E-state index is -1.32. The van der Waals surface area contributed by atoms with Gasteiger partial charge in [0.25, 0.3) is 0 Å². The van der Waals surface area contributed by atoms with Gasteiger partial charge in [-0.25, -0.2) is 0 Å². The minimum Gasteiger partial charge on any atom is -0.393 e. The number of hydrogen-bond donors (Lipinski definition) is 3. The molecule has 0 aliphatic heterocycles. The van der Waals surface area contributed by atoms with Gasteiger partial charge in [0.15, 0.2) is 5.79 Å². The van der Waals surface area contributed by atoms with Gasteiger partial charge < -0.3 is 20.1 Å². The van der Waals surface area contributed by atoms with E-state index in [-0.39, 0.29) is 24.9 Å². The normalized spacial score (nSPS) is 42.2. The zero-order valence-corrected chi connectivity index (χ0v) is 9.73. The van der Waals surface area contributed by atoms with E-state index >= 15 is 0 Å². The van der Waals surface area contributed by atoms with Crippen molar-refractivity contribution >= 4 is 0 Å². The van der Waals surface area contributed by atoms with Crippen molar-refractivity contribution < 1.29 is 20.1 Å². The van der Waals surface area contributed by atoms with Crippen molar-refractivity contribution in [3.8, 4) is 0 Å². The fourth-order valence-corrected chi connectivity index (χ4v) is 2.55. The topological polar surface area (TPSA) is 69.9 Å². The van der Waals surface area contributed by atoms with Crippen LogP contribution >= 0.6 is 0 Å². The molecule has 1 rings (SSSR count). The summed E-state index contributed by atoms with van der Waals surface area (Å²) in [5.74, 6) is -1.02. The summed E-state index contributed by atoms with van der Waals surface area (Å²) in [6.45, 7) is 3.72. The summed E-state index contributed by atoms with van der Waals surface area (Å²) in [5.41, 5.74) is -1.20. The van der Waals surface area contributed by atoms with Crippen LogP contribution in [-0.2, 0) is 4.74 Å². The summed E-state index contributed by atoms with van der Waals surface area (Å²) in [7, 11) is 1.44. The van der Waals surface area contributed by atoms with Gasteiger partial charge in [-0.05, 0) is 18.8 Å². The zero-order chi connectivity index (χ0) is 11.7. The maximum absolute atomic E-state index is 10.3. The second-order valence-corrected chi connectivity index (χ2v) is 5.00. The summed E-state index contributed by atoms with van der Waals surface area (Å²) >= 11 is 0. The average Bonchev–Trinajstić information content (AvgIpc) is 2.17. The van der Waals surface area contributed by atoms with Crippen molar-refractivity contribution in [2.24, 2.45) is 11.8 Å². The minimum absolute atomic E-state index is 0.00863. The largest absolute Gasteiger partial charge is 0.393 e. The molecule has 0 radical (unpaired) electrons. The number of aliphatic hydroxyl groups excluding tert-OH is 1. The summed E-state index contributed by atoms with van der Waals surface area (Å²) in [6.07, 6.45) is 1.26. The SMILES string of the molecule is COC1(O)CC(O)(CO)CCC1C(C)C. The van der Waals surface area contributed by atoms with Crippen molar-refractivity contribution in [2.45, 2.75) is 44.5 Å². The molecule has 0 aromatic carbocycles. The Morgan fingerprint density at radius 1 is 1.40 bits per heavy atom. The Bertz CT molecular complexity index is 219. The number of aliphatic hydroxyl groups is 3. The lowest BCUT2D eigenvalue weighted by Crippen LogP contribution is -2.55. The summed E-state index contributed by atoms with van der Waals surface area (Å²) < 4.78 is 5.13. The first-order chi connectivity index (χ1) is 6.87. The van der Waals surface area contributed by atoms with Crippen LogP contribution in [0.1, 0.15) is 33.1 Å². The molecule has 0 bridgehead atoms. The van der Waals surface area contributed by atoms with Crippen molar-refractivity contribution in [3.63, 3.8) is 0 Å². The average molecular weight is 218 g/mol. The van der Waals surface area contributed by atoms with E-state index in [9.17, 15) is 10.2 Å². The third-order valence-electron chi connectivity index (χ3n) is 3.53. The molecule has 0 amide bonds. The lowest BCUT2D eigenvalue weighted by atomic mass is 9.70. The van der Waals surface area contributed by atoms with Gasteiger partial charge in [-0.3, -0.25) is 0 Å². The third kappa shape index (κ3) is 2.50. The maximum Gasteiger partial charge on any atom is 0.170 e. The van der Waals surface area contributed by atoms with Crippen LogP contribution in [0.5, 0.6) is 0 Å². The molecule has 15 heavy (non-hydrogen) atoms. The van der Waals surface area contributed by atoms with Gasteiger partial charge in [-0.15, -0.1) is 0 Å². The number of hydrogen-bond acceptors (Lipinski definition) is 4. The Balaban J connectivity index is 2.83. The highest BCUT2D eigenvalue weighted by Gasteiger charge is 2.49. The molecule has 1 saturated carbocycles. The van der Waals surface area contributed by atoms with E-state index in [0.717, 1.165) is 0 Å². The summed E-state index contributed by atoms with van der Waals surface area (Å²) in [6, 6.07) is 0. The van der Waals surface area contributed by atoms with Gasteiger partial charge >= 0.3 is 0 Å². The molecule has 0 aromatic heterocycles. The molecule has 90 valence electrons. The smallest absolute Gasteiger partial charge is 0.170 e. The Morgan fingerprint density at radius 3 is 2.40 bits per heavy atom. The first kappa shape index (κ1) is 12.9. The van der Waals surface area contributed by atoms with Crippen LogP contribution in [0.25, 0.3) is 0 Å². The molecule has 3 atom stereocenters. The Labute approximate surface area is 90.9 Å². The molecule has 4 heteroatoms. The third-order valence-corrected chi connectivity index (χ3v) is 3.53. The first-order valence-corrected chi connectivity index (χ1v) is 5.47. The van der Waals surface area contributed by atoms with Crippen molar-refractivity contribution in [1.29, 1.82) is 0 Å². The molecule has 1 fully saturated rings. The van der Waals surface area contributed by atoms with Crippen LogP contribution in [0.15, 0.2) is 0 Å². The van der Waals surface area contributed by atoms with E-state index in [1.165, 1.54) is 7.11 Å². The van der Waals surface area contributed by atoms with Crippen molar-refractivity contribution in [2.75, 3.05) is 13.7 Å². The lowest BCUT2D eigenvalue weighted by Gasteiger charge is -2.47. The van der Waals surface area contributed by atoms with E-state index in [0.29, 0.717) is 12.8 Å². The van der Waals surface area contributed by atoms with E-state index < -0.39 is 11.4 Å². The second kappa shape index (κ2) is 4.37. The van der Waals surface area contributed by atoms with Gasteiger partial charge in [0.05, 0.1) is 12.2 Å². The monoisotopic (exact) mass is 218 g/mol. The fraction of sp³-hybridized carbons (Fsp3) is 1.00. The lowest BCUT2D eigenvalue weighted by molar-refractivity contribution is -0.280. The molecular weight excluding hydrogens is 196 g/mol. The van der Waals surface area contributed by atoms with Crippen LogP contribution in [0.3, 0.4) is 0 Å². The molecule has 0 spiro atoms. The number of ether oxygens (including phenoxy) is 1. The quantitative estimate of drug-likeness (QED) is 0.603. The molecule has 1 aliphatic carbocycles. The predicted molar refractivity (Wildman–Crippen MR) is 56.2 cm³/mol. The van der Waals surface area contributed by atoms with Gasteiger partial charge in [-0.2, -0.15) is 0 Å². The first-order valence-electron chi connectivity index (χ1n) is 5.47. The van der Waals surface area contributed by atoms with E-state index in [4.69, 9.17) is 9.84 Å². The molecular formula is C11H22O4. The highest BCUT2D eigenvalue weighted by atomic mass is 16.6. The van der Waals surface area contributed by atoms with Gasteiger partial charge in [-0.1, -0.05) is 13.8 Å². The van der Waals surface area contributed by atoms with Crippen molar-refractivity contribution in [1.82, 2.24) is 0 Å². The van der Waals surface area contributed by atoms with Gasteiger partial charge in [0.2, 0.25) is 0 Å². The molecule has 0 heterocycles. The van der Waals surface area contributed by atoms with E-state index in [1.807, 2.05) is 13.8 Å². The Morgan fingerprint density at radius 2 is 2.00 bits per heavy atom. The van der Waals surface area contributed by atoms with E-state index in [1.54, 1.807) is 0 Å².